The molecular weight excluding hydrogens is 568 g/mol. The number of hydrogen-bond donors (Lipinski definition) is 4. The van der Waals surface area contributed by atoms with E-state index >= 15 is 0 Å². The normalized spacial score (nSPS) is 16.4. The van der Waals surface area contributed by atoms with Crippen molar-refractivity contribution in [1.82, 2.24) is 21.3 Å². The average Bonchev–Trinajstić information content (AvgIpc) is 3.43. The maximum atomic E-state index is 13.9. The second-order valence-electron chi connectivity index (χ2n) is 12.3. The molecule has 4 N–H and O–H groups in total. The summed E-state index contributed by atoms with van der Waals surface area (Å²) in [5.41, 5.74) is 1.73. The number of fused-ring (bicyclic) bond motifs is 1. The highest BCUT2D eigenvalue weighted by Gasteiger charge is 2.31. The van der Waals surface area contributed by atoms with Crippen LogP contribution in [0.2, 0.25) is 0 Å². The van der Waals surface area contributed by atoms with Gasteiger partial charge in [0, 0.05) is 31.3 Å². The minimum Gasteiger partial charge on any atom is -0.356 e. The number of carbonyl (C=O) groups is 5. The van der Waals surface area contributed by atoms with Gasteiger partial charge in [-0.3, -0.25) is 19.2 Å². The van der Waals surface area contributed by atoms with Gasteiger partial charge in [0.25, 0.3) is 0 Å². The Bertz CT molecular complexity index is 1470. The van der Waals surface area contributed by atoms with Crippen molar-refractivity contribution in [3.8, 4) is 0 Å². The maximum Gasteiger partial charge on any atom is 0.243 e. The summed E-state index contributed by atoms with van der Waals surface area (Å²) in [6.45, 7) is 4.53. The molecule has 238 valence electrons. The van der Waals surface area contributed by atoms with Gasteiger partial charge in [0.2, 0.25) is 23.6 Å². The molecule has 9 nitrogen and oxygen atoms in total. The first-order valence-corrected chi connectivity index (χ1v) is 15.9. The quantitative estimate of drug-likeness (QED) is 0.183. The van der Waals surface area contributed by atoms with Gasteiger partial charge >= 0.3 is 0 Å². The first-order chi connectivity index (χ1) is 21.7. The predicted octanol–water partition coefficient (Wildman–Crippen LogP) is 3.63. The van der Waals surface area contributed by atoms with E-state index in [2.05, 4.69) is 21.3 Å². The molecule has 0 aromatic heterocycles. The van der Waals surface area contributed by atoms with E-state index in [4.69, 9.17) is 0 Å². The van der Waals surface area contributed by atoms with Gasteiger partial charge in [-0.15, -0.1) is 0 Å². The van der Waals surface area contributed by atoms with Crippen molar-refractivity contribution < 1.29 is 24.0 Å². The first kappa shape index (κ1) is 33.4. The predicted molar refractivity (Wildman–Crippen MR) is 174 cm³/mol. The molecule has 4 amide bonds. The highest BCUT2D eigenvalue weighted by Crippen LogP contribution is 2.21. The van der Waals surface area contributed by atoms with E-state index in [0.717, 1.165) is 28.2 Å². The van der Waals surface area contributed by atoms with E-state index in [1.807, 2.05) is 86.6 Å². The molecule has 3 aromatic rings. The summed E-state index contributed by atoms with van der Waals surface area (Å²) in [5, 5.41) is 13.7. The molecule has 4 atom stereocenters. The van der Waals surface area contributed by atoms with Crippen molar-refractivity contribution in [2.75, 3.05) is 6.54 Å². The molecule has 4 rings (SSSR count). The summed E-state index contributed by atoms with van der Waals surface area (Å²) in [6, 6.07) is 20.9. The second-order valence-corrected chi connectivity index (χ2v) is 12.3. The lowest BCUT2D eigenvalue weighted by Gasteiger charge is -2.27. The van der Waals surface area contributed by atoms with Crippen LogP contribution in [-0.2, 0) is 36.8 Å². The molecule has 45 heavy (non-hydrogen) atoms. The number of benzene rings is 3. The summed E-state index contributed by atoms with van der Waals surface area (Å²) in [6.07, 6.45) is 3.29. The van der Waals surface area contributed by atoms with Crippen LogP contribution < -0.4 is 21.3 Å². The molecule has 1 heterocycles. The van der Waals surface area contributed by atoms with Gasteiger partial charge in [0.05, 0.1) is 6.42 Å². The first-order valence-electron chi connectivity index (χ1n) is 15.9. The zero-order valence-corrected chi connectivity index (χ0v) is 26.1. The molecule has 1 aliphatic rings. The smallest absolute Gasteiger partial charge is 0.243 e. The molecule has 0 saturated carbocycles. The Morgan fingerprint density at radius 1 is 0.889 bits per heavy atom. The summed E-state index contributed by atoms with van der Waals surface area (Å²) >= 11 is 0. The molecule has 0 unspecified atom stereocenters. The zero-order chi connectivity index (χ0) is 32.2. The topological polar surface area (TPSA) is 133 Å². The molecule has 0 bridgehead atoms. The number of nitrogens with one attached hydrogen (secondary N) is 4. The zero-order valence-electron chi connectivity index (χ0n) is 26.1. The van der Waals surface area contributed by atoms with Crippen LogP contribution in [0.5, 0.6) is 0 Å². The minimum absolute atomic E-state index is 0.0464. The van der Waals surface area contributed by atoms with Gasteiger partial charge in [-0.25, -0.2) is 0 Å². The monoisotopic (exact) mass is 612 g/mol. The summed E-state index contributed by atoms with van der Waals surface area (Å²) in [4.78, 5) is 64.2. The van der Waals surface area contributed by atoms with Crippen molar-refractivity contribution in [3.05, 3.63) is 83.9 Å². The number of hydrogen-bond acceptors (Lipinski definition) is 5. The van der Waals surface area contributed by atoms with Crippen LogP contribution in [-0.4, -0.2) is 54.6 Å². The Balaban J connectivity index is 1.53. The van der Waals surface area contributed by atoms with E-state index in [1.54, 1.807) is 0 Å². The Morgan fingerprint density at radius 2 is 1.60 bits per heavy atom. The van der Waals surface area contributed by atoms with Gasteiger partial charge in [-0.05, 0) is 53.5 Å². The summed E-state index contributed by atoms with van der Waals surface area (Å²) in [7, 11) is 0. The molecule has 3 aromatic carbocycles. The van der Waals surface area contributed by atoms with E-state index in [0.29, 0.717) is 32.2 Å². The number of amides is 4. The van der Waals surface area contributed by atoms with Crippen molar-refractivity contribution in [2.45, 2.75) is 76.9 Å². The summed E-state index contributed by atoms with van der Waals surface area (Å²) in [5.74, 6) is -1.31. The summed E-state index contributed by atoms with van der Waals surface area (Å²) < 4.78 is 0. The van der Waals surface area contributed by atoms with E-state index < -0.39 is 18.0 Å². The lowest BCUT2D eigenvalue weighted by atomic mass is 9.94. The van der Waals surface area contributed by atoms with Gasteiger partial charge in [-0.1, -0.05) is 86.6 Å². The number of carbonyl (C=O) groups excluding carboxylic acids is 5. The van der Waals surface area contributed by atoms with Crippen LogP contribution in [0.15, 0.2) is 72.8 Å². The number of aldehydes is 1. The van der Waals surface area contributed by atoms with Crippen LogP contribution in [0.25, 0.3) is 10.8 Å². The Hall–Kier alpha value is -4.53. The fraction of sp³-hybridized carbons (Fsp3) is 0.417. The highest BCUT2D eigenvalue weighted by atomic mass is 16.2. The van der Waals surface area contributed by atoms with Crippen molar-refractivity contribution in [2.24, 2.45) is 11.8 Å². The van der Waals surface area contributed by atoms with Crippen LogP contribution >= 0.6 is 0 Å². The lowest BCUT2D eigenvalue weighted by Crippen LogP contribution is -2.56. The molecule has 0 aliphatic carbocycles. The third-order valence-electron chi connectivity index (χ3n) is 8.21. The standard InChI is InChI=1S/C36H44N4O5/c1-24(2)20-31(35(44)38-29(15-9-19-41)22-28-17-18-37-34(28)43)40-36(45)32(39-33(42)21-25-10-4-3-5-11-25)23-27-14-8-13-26-12-6-7-16-30(26)27/h3-8,10-14,16,19,24,28-29,31-32H,9,15,17-18,20-23H2,1-2H3,(H,37,43)(H,38,44)(H,39,42)(H,40,45)/t28-,29+,31-,32-/m0/s1. The molecule has 1 fully saturated rings. The van der Waals surface area contributed by atoms with Gasteiger partial charge in [0.15, 0.2) is 0 Å². The molecule has 1 aliphatic heterocycles. The van der Waals surface area contributed by atoms with E-state index in [9.17, 15) is 24.0 Å². The van der Waals surface area contributed by atoms with Crippen LogP contribution in [0.3, 0.4) is 0 Å². The highest BCUT2D eigenvalue weighted by molar-refractivity contribution is 5.93. The second kappa shape index (κ2) is 16.5. The number of rotatable bonds is 16. The molecule has 9 heteroatoms. The third kappa shape index (κ3) is 9.99. The Labute approximate surface area is 264 Å². The van der Waals surface area contributed by atoms with Gasteiger partial charge < -0.3 is 26.1 Å². The minimum atomic E-state index is -0.928. The largest absolute Gasteiger partial charge is 0.356 e. The molecular formula is C36H44N4O5. The van der Waals surface area contributed by atoms with Crippen molar-refractivity contribution in [3.63, 3.8) is 0 Å². The van der Waals surface area contributed by atoms with Crippen molar-refractivity contribution >= 4 is 40.7 Å². The fourth-order valence-corrected chi connectivity index (χ4v) is 5.93. The molecule has 0 spiro atoms. The Kier molecular flexibility index (Phi) is 12.2. The van der Waals surface area contributed by atoms with E-state index in [1.165, 1.54) is 0 Å². The SMILES string of the molecule is CC(C)C[C@H](NC(=O)[C@H](Cc1cccc2ccccc12)NC(=O)Cc1ccccc1)C(=O)N[C@H](CCC=O)C[C@@H]1CCNC1=O. The fourth-order valence-electron chi connectivity index (χ4n) is 5.93. The molecule has 1 saturated heterocycles. The Morgan fingerprint density at radius 3 is 2.31 bits per heavy atom. The maximum absolute atomic E-state index is 13.9. The molecule has 0 radical (unpaired) electrons. The van der Waals surface area contributed by atoms with E-state index in [-0.39, 0.29) is 54.9 Å². The van der Waals surface area contributed by atoms with Crippen LogP contribution in [0.4, 0.5) is 0 Å². The van der Waals surface area contributed by atoms with Crippen LogP contribution in [0, 0.1) is 11.8 Å². The third-order valence-corrected chi connectivity index (χ3v) is 8.21. The van der Waals surface area contributed by atoms with Gasteiger partial charge in [0.1, 0.15) is 18.4 Å². The lowest BCUT2D eigenvalue weighted by molar-refractivity contribution is -0.132. The van der Waals surface area contributed by atoms with Gasteiger partial charge in [-0.2, -0.15) is 0 Å². The van der Waals surface area contributed by atoms with Crippen LogP contribution in [0.1, 0.15) is 57.1 Å². The average molecular weight is 613 g/mol. The van der Waals surface area contributed by atoms with Crippen molar-refractivity contribution in [1.29, 1.82) is 0 Å².